The average Bonchev–Trinajstić information content (AvgIpc) is 2.72. The minimum absolute atomic E-state index is 0.0600. The molecule has 5 nitrogen and oxygen atoms in total. The number of nitrogens with zero attached hydrogens (tertiary/aromatic N) is 1. The Kier molecular flexibility index (Phi) is 8.25. The SMILES string of the molecule is CCC(C)NC(=O)C(C)N(Cc1ccccc1)C(=O)COc1cccc(C)c1C. The molecular formula is C24H32N2O3. The van der Waals surface area contributed by atoms with Crippen LogP contribution in [0.1, 0.15) is 43.9 Å². The third-order valence-electron chi connectivity index (χ3n) is 5.27. The maximum absolute atomic E-state index is 13.0. The molecule has 156 valence electrons. The molecule has 0 bridgehead atoms. The van der Waals surface area contributed by atoms with Crippen LogP contribution in [0.4, 0.5) is 0 Å². The molecule has 0 aliphatic carbocycles. The van der Waals surface area contributed by atoms with Crippen LogP contribution in [0.5, 0.6) is 5.75 Å². The molecule has 0 saturated heterocycles. The van der Waals surface area contributed by atoms with E-state index in [2.05, 4.69) is 5.32 Å². The second kappa shape index (κ2) is 10.6. The highest BCUT2D eigenvalue weighted by molar-refractivity contribution is 5.88. The highest BCUT2D eigenvalue weighted by atomic mass is 16.5. The second-order valence-electron chi connectivity index (χ2n) is 7.49. The number of benzene rings is 2. The monoisotopic (exact) mass is 396 g/mol. The van der Waals surface area contributed by atoms with E-state index in [4.69, 9.17) is 4.74 Å². The summed E-state index contributed by atoms with van der Waals surface area (Å²) in [5.41, 5.74) is 3.09. The normalized spacial score (nSPS) is 12.7. The molecule has 2 atom stereocenters. The van der Waals surface area contributed by atoms with Gasteiger partial charge >= 0.3 is 0 Å². The fraction of sp³-hybridized carbons (Fsp3) is 0.417. The van der Waals surface area contributed by atoms with Gasteiger partial charge in [0.1, 0.15) is 11.8 Å². The summed E-state index contributed by atoms with van der Waals surface area (Å²) >= 11 is 0. The zero-order valence-electron chi connectivity index (χ0n) is 18.1. The zero-order chi connectivity index (χ0) is 21.4. The highest BCUT2D eigenvalue weighted by Crippen LogP contribution is 2.21. The molecule has 5 heteroatoms. The predicted molar refractivity (Wildman–Crippen MR) is 116 cm³/mol. The Balaban J connectivity index is 2.15. The summed E-state index contributed by atoms with van der Waals surface area (Å²) in [6, 6.07) is 14.9. The van der Waals surface area contributed by atoms with Crippen LogP contribution in [0.3, 0.4) is 0 Å². The maximum atomic E-state index is 13.0. The van der Waals surface area contributed by atoms with E-state index < -0.39 is 6.04 Å². The molecule has 0 aliphatic heterocycles. The fourth-order valence-electron chi connectivity index (χ4n) is 2.93. The van der Waals surface area contributed by atoms with E-state index in [0.717, 1.165) is 23.1 Å². The van der Waals surface area contributed by atoms with Crippen molar-refractivity contribution in [1.82, 2.24) is 10.2 Å². The molecule has 2 aromatic carbocycles. The number of nitrogens with one attached hydrogen (secondary N) is 1. The van der Waals surface area contributed by atoms with E-state index in [1.54, 1.807) is 11.8 Å². The standard InChI is InChI=1S/C24H32N2O3/c1-6-18(3)25-24(28)20(5)26(15-21-12-8-7-9-13-21)23(27)16-29-22-14-10-11-17(2)19(22)4/h7-14,18,20H,6,15-16H2,1-5H3,(H,25,28). The molecule has 0 spiro atoms. The molecule has 29 heavy (non-hydrogen) atoms. The van der Waals surface area contributed by atoms with E-state index in [1.165, 1.54) is 0 Å². The van der Waals surface area contributed by atoms with Crippen molar-refractivity contribution in [3.8, 4) is 5.75 Å². The van der Waals surface area contributed by atoms with E-state index in [1.807, 2.05) is 76.2 Å². The van der Waals surface area contributed by atoms with Crippen molar-refractivity contribution in [2.45, 2.75) is 59.7 Å². The molecule has 2 unspecified atom stereocenters. The minimum atomic E-state index is -0.598. The van der Waals surface area contributed by atoms with Gasteiger partial charge in [-0.05, 0) is 56.9 Å². The minimum Gasteiger partial charge on any atom is -0.483 e. The zero-order valence-corrected chi connectivity index (χ0v) is 18.1. The molecular weight excluding hydrogens is 364 g/mol. The first-order valence-electron chi connectivity index (χ1n) is 10.2. The first-order chi connectivity index (χ1) is 13.8. The van der Waals surface area contributed by atoms with Crippen molar-refractivity contribution in [3.63, 3.8) is 0 Å². The summed E-state index contributed by atoms with van der Waals surface area (Å²) in [4.78, 5) is 27.3. The van der Waals surface area contributed by atoms with Gasteiger partial charge in [-0.1, -0.05) is 49.4 Å². The Labute approximate surface area is 174 Å². The van der Waals surface area contributed by atoms with Crippen LogP contribution < -0.4 is 10.1 Å². The number of carbonyl (C=O) groups excluding carboxylic acids is 2. The second-order valence-corrected chi connectivity index (χ2v) is 7.49. The van der Waals surface area contributed by atoms with E-state index >= 15 is 0 Å². The number of carbonyl (C=O) groups is 2. The summed E-state index contributed by atoms with van der Waals surface area (Å²) in [5.74, 6) is 0.312. The first kappa shape index (κ1) is 22.5. The number of ether oxygens (including phenoxy) is 1. The lowest BCUT2D eigenvalue weighted by molar-refractivity contribution is -0.142. The van der Waals surface area contributed by atoms with Crippen molar-refractivity contribution >= 4 is 11.8 Å². The topological polar surface area (TPSA) is 58.6 Å². The quantitative estimate of drug-likeness (QED) is 0.697. The van der Waals surface area contributed by atoms with Gasteiger partial charge in [0.25, 0.3) is 5.91 Å². The molecule has 2 amide bonds. The Morgan fingerprint density at radius 2 is 1.72 bits per heavy atom. The van der Waals surface area contributed by atoms with Crippen LogP contribution >= 0.6 is 0 Å². The summed E-state index contributed by atoms with van der Waals surface area (Å²) in [6.07, 6.45) is 0.834. The first-order valence-corrected chi connectivity index (χ1v) is 10.2. The Morgan fingerprint density at radius 1 is 1.03 bits per heavy atom. The Bertz CT molecular complexity index is 820. The third-order valence-corrected chi connectivity index (χ3v) is 5.27. The van der Waals surface area contributed by atoms with Crippen LogP contribution in [0.15, 0.2) is 48.5 Å². The summed E-state index contributed by atoms with van der Waals surface area (Å²) < 4.78 is 5.81. The van der Waals surface area contributed by atoms with Crippen molar-refractivity contribution in [3.05, 3.63) is 65.2 Å². The van der Waals surface area contributed by atoms with Gasteiger partial charge in [-0.25, -0.2) is 0 Å². The number of amides is 2. The van der Waals surface area contributed by atoms with Gasteiger partial charge in [0.2, 0.25) is 5.91 Å². The van der Waals surface area contributed by atoms with Gasteiger partial charge in [-0.3, -0.25) is 9.59 Å². The molecule has 0 aromatic heterocycles. The van der Waals surface area contributed by atoms with Crippen LogP contribution in [0.25, 0.3) is 0 Å². The van der Waals surface area contributed by atoms with Gasteiger partial charge in [-0.2, -0.15) is 0 Å². The van der Waals surface area contributed by atoms with Crippen LogP contribution in [-0.4, -0.2) is 35.4 Å². The van der Waals surface area contributed by atoms with Crippen molar-refractivity contribution in [2.24, 2.45) is 0 Å². The van der Waals surface area contributed by atoms with Crippen molar-refractivity contribution in [1.29, 1.82) is 0 Å². The molecule has 2 rings (SSSR count). The average molecular weight is 397 g/mol. The molecule has 0 aliphatic rings. The maximum Gasteiger partial charge on any atom is 0.261 e. The van der Waals surface area contributed by atoms with Crippen LogP contribution in [-0.2, 0) is 16.1 Å². The smallest absolute Gasteiger partial charge is 0.261 e. The molecule has 1 N–H and O–H groups in total. The van der Waals surface area contributed by atoms with E-state index in [0.29, 0.717) is 12.3 Å². The van der Waals surface area contributed by atoms with Gasteiger partial charge in [0.05, 0.1) is 0 Å². The molecule has 0 radical (unpaired) electrons. The summed E-state index contributed by atoms with van der Waals surface area (Å²) in [7, 11) is 0. The number of hydrogen-bond donors (Lipinski definition) is 1. The van der Waals surface area contributed by atoms with Gasteiger partial charge < -0.3 is 15.0 Å². The number of aryl methyl sites for hydroxylation is 1. The van der Waals surface area contributed by atoms with Crippen LogP contribution in [0, 0.1) is 13.8 Å². The third kappa shape index (κ3) is 6.34. The number of rotatable bonds is 9. The van der Waals surface area contributed by atoms with Crippen molar-refractivity contribution in [2.75, 3.05) is 6.61 Å². The van der Waals surface area contributed by atoms with Gasteiger partial charge in [-0.15, -0.1) is 0 Å². The molecule has 0 heterocycles. The highest BCUT2D eigenvalue weighted by Gasteiger charge is 2.27. The van der Waals surface area contributed by atoms with Crippen LogP contribution in [0.2, 0.25) is 0 Å². The van der Waals surface area contributed by atoms with E-state index in [-0.39, 0.29) is 24.5 Å². The largest absolute Gasteiger partial charge is 0.483 e. The lowest BCUT2D eigenvalue weighted by Gasteiger charge is -2.29. The molecule has 0 fully saturated rings. The lowest BCUT2D eigenvalue weighted by atomic mass is 10.1. The number of hydrogen-bond acceptors (Lipinski definition) is 3. The fourth-order valence-corrected chi connectivity index (χ4v) is 2.93. The Morgan fingerprint density at radius 3 is 2.38 bits per heavy atom. The predicted octanol–water partition coefficient (Wildman–Crippen LogP) is 4.01. The van der Waals surface area contributed by atoms with Crippen molar-refractivity contribution < 1.29 is 14.3 Å². The lowest BCUT2D eigenvalue weighted by Crippen LogP contribution is -2.50. The molecule has 0 saturated carbocycles. The van der Waals surface area contributed by atoms with Gasteiger partial charge in [0.15, 0.2) is 6.61 Å². The Hall–Kier alpha value is -2.82. The summed E-state index contributed by atoms with van der Waals surface area (Å²) in [6.45, 7) is 9.95. The molecule has 2 aromatic rings. The summed E-state index contributed by atoms with van der Waals surface area (Å²) in [5, 5.41) is 2.97. The van der Waals surface area contributed by atoms with E-state index in [9.17, 15) is 9.59 Å². The van der Waals surface area contributed by atoms with Gasteiger partial charge in [0, 0.05) is 12.6 Å².